The van der Waals surface area contributed by atoms with Crippen LogP contribution in [0.1, 0.15) is 107 Å². The van der Waals surface area contributed by atoms with E-state index < -0.39 is 70.6 Å². The number of nitrogens with zero attached hydrogens (tertiary/aromatic N) is 1. The van der Waals surface area contributed by atoms with Crippen molar-refractivity contribution in [2.45, 2.75) is 138 Å². The molecule has 2 aromatic rings. The van der Waals surface area contributed by atoms with E-state index in [0.717, 1.165) is 5.56 Å². The molecule has 5 atom stereocenters. The van der Waals surface area contributed by atoms with Gasteiger partial charge in [0.2, 0.25) is 29.5 Å². The second-order valence-corrected chi connectivity index (χ2v) is 18.6. The molecule has 16 heteroatoms. The quantitative estimate of drug-likeness (QED) is 0.0607. The summed E-state index contributed by atoms with van der Waals surface area (Å²) in [5, 5.41) is 22.9. The van der Waals surface area contributed by atoms with Crippen molar-refractivity contribution < 1.29 is 43.5 Å². The summed E-state index contributed by atoms with van der Waals surface area (Å²) < 4.78 is 0. The van der Waals surface area contributed by atoms with Gasteiger partial charge in [0.25, 0.3) is 5.91 Å². The van der Waals surface area contributed by atoms with E-state index in [1.165, 1.54) is 6.92 Å². The van der Waals surface area contributed by atoms with Gasteiger partial charge in [-0.15, -0.1) is 0 Å². The summed E-state index contributed by atoms with van der Waals surface area (Å²) in [6.07, 6.45) is 1.60. The van der Waals surface area contributed by atoms with Gasteiger partial charge in [-0.1, -0.05) is 111 Å². The number of rotatable bonds is 23. The number of carbonyl (C=O) groups excluding carboxylic acids is 6. The predicted octanol–water partition coefficient (Wildman–Crippen LogP) is 4.60. The molecule has 2 aromatic carbocycles. The van der Waals surface area contributed by atoms with Crippen molar-refractivity contribution in [1.82, 2.24) is 31.6 Å². The molecular weight excluding hydrogens is 807 g/mol. The van der Waals surface area contributed by atoms with Gasteiger partial charge in [-0.05, 0) is 74.9 Å². The fraction of sp³-hybridized carbons (Fsp3) is 0.553. The number of nitrogens with one attached hydrogen (secondary N) is 6. The Morgan fingerprint density at radius 1 is 0.730 bits per heavy atom. The Labute approximate surface area is 373 Å². The maximum atomic E-state index is 14.0. The van der Waals surface area contributed by atoms with E-state index >= 15 is 0 Å². The Bertz CT molecular complexity index is 1910. The monoisotopic (exact) mass is 878 g/mol. The smallest absolute Gasteiger partial charge is 0.303 e. The topological polar surface area (TPSA) is 224 Å². The first-order valence-corrected chi connectivity index (χ1v) is 21.4. The number of likely N-dealkylation sites (N-methyl/N-ethyl adjacent to an activating group) is 1. The molecule has 0 aromatic heterocycles. The zero-order valence-electron chi connectivity index (χ0n) is 39.3. The van der Waals surface area contributed by atoms with Gasteiger partial charge >= 0.3 is 5.97 Å². The summed E-state index contributed by atoms with van der Waals surface area (Å²) in [6.45, 7) is 20.1. The zero-order valence-corrected chi connectivity index (χ0v) is 39.3. The number of aliphatic carboxylic acids is 1. The van der Waals surface area contributed by atoms with Gasteiger partial charge in [0.1, 0.15) is 18.1 Å². The molecular formula is C47H71N7O9. The standard InChI is InChI=1S/C47H71N7O9/c1-28(2)35(50-44(61)39(46(7,8)9)52-45(62)40(54(12)13)47(10,11)33-18-15-14-16-19-33)26-30(5)41(58)53-63-27-32-22-24-34(25-23-32)49-42(59)31(6)48-43(60)38(29(3)4)51-36(55)20-17-21-37(56)57/h14-16,18-19,22-26,28-29,31,35,38-40H,17,20-21,27H2,1-13H3,(H,48,60)(H,49,59)(H,50,61)(H,51,55)(H,52,62)(H,53,58)(H,56,57)/b30-26+/t31-,35?,38?,39+,40?/m0/s1. The molecule has 0 fully saturated rings. The molecule has 3 unspecified atom stereocenters. The van der Waals surface area contributed by atoms with E-state index in [4.69, 9.17) is 9.94 Å². The maximum absolute atomic E-state index is 14.0. The second-order valence-electron chi connectivity index (χ2n) is 18.6. The first-order chi connectivity index (χ1) is 29.3. The van der Waals surface area contributed by atoms with Crippen molar-refractivity contribution in [2.75, 3.05) is 19.4 Å². The van der Waals surface area contributed by atoms with Crippen molar-refractivity contribution in [3.8, 4) is 0 Å². The van der Waals surface area contributed by atoms with Crippen molar-refractivity contribution >= 4 is 47.1 Å². The summed E-state index contributed by atoms with van der Waals surface area (Å²) in [4.78, 5) is 97.2. The second kappa shape index (κ2) is 24.3. The van der Waals surface area contributed by atoms with Crippen LogP contribution >= 0.6 is 0 Å². The molecule has 0 saturated carbocycles. The average Bonchev–Trinajstić information content (AvgIpc) is 3.18. The van der Waals surface area contributed by atoms with E-state index in [1.54, 1.807) is 51.1 Å². The van der Waals surface area contributed by atoms with E-state index in [0.29, 0.717) is 16.8 Å². The van der Waals surface area contributed by atoms with Crippen molar-refractivity contribution in [3.63, 3.8) is 0 Å². The number of carbonyl (C=O) groups is 7. The summed E-state index contributed by atoms with van der Waals surface area (Å²) in [6, 6.07) is 12.6. The highest BCUT2D eigenvalue weighted by Gasteiger charge is 2.42. The number of hydroxylamine groups is 1. The number of benzene rings is 2. The first-order valence-electron chi connectivity index (χ1n) is 21.4. The Morgan fingerprint density at radius 2 is 1.33 bits per heavy atom. The first kappa shape index (κ1) is 53.5. The van der Waals surface area contributed by atoms with E-state index in [9.17, 15) is 33.6 Å². The summed E-state index contributed by atoms with van der Waals surface area (Å²) in [5.41, 5.74) is 3.63. The number of hydrogen-bond donors (Lipinski definition) is 7. The molecule has 0 aliphatic rings. The van der Waals surface area contributed by atoms with Crippen molar-refractivity contribution in [1.29, 1.82) is 0 Å². The molecule has 6 amide bonds. The minimum Gasteiger partial charge on any atom is -0.481 e. The fourth-order valence-corrected chi connectivity index (χ4v) is 6.87. The molecule has 0 aliphatic heterocycles. The van der Waals surface area contributed by atoms with Crippen molar-refractivity contribution in [2.24, 2.45) is 17.3 Å². The van der Waals surface area contributed by atoms with Gasteiger partial charge in [0.15, 0.2) is 0 Å². The highest BCUT2D eigenvalue weighted by Crippen LogP contribution is 2.31. The lowest BCUT2D eigenvalue weighted by Crippen LogP contribution is -2.61. The average molecular weight is 878 g/mol. The molecule has 7 N–H and O–H groups in total. The lowest BCUT2D eigenvalue weighted by molar-refractivity contribution is -0.137. The Balaban J connectivity index is 2.00. The molecule has 16 nitrogen and oxygen atoms in total. The van der Waals surface area contributed by atoms with Gasteiger partial charge in [0, 0.05) is 29.5 Å². The predicted molar refractivity (Wildman–Crippen MR) is 243 cm³/mol. The molecule has 63 heavy (non-hydrogen) atoms. The van der Waals surface area contributed by atoms with Gasteiger partial charge in [-0.3, -0.25) is 43.3 Å². The molecule has 0 radical (unpaired) electrons. The highest BCUT2D eigenvalue weighted by atomic mass is 16.6. The molecule has 0 aliphatic carbocycles. The normalized spacial score (nSPS) is 14.5. The molecule has 0 saturated heterocycles. The van der Waals surface area contributed by atoms with E-state index in [-0.39, 0.29) is 49.5 Å². The van der Waals surface area contributed by atoms with E-state index in [1.807, 2.05) is 97.8 Å². The highest BCUT2D eigenvalue weighted by molar-refractivity contribution is 5.98. The van der Waals surface area contributed by atoms with Crippen LogP contribution in [-0.2, 0) is 50.4 Å². The summed E-state index contributed by atoms with van der Waals surface area (Å²) >= 11 is 0. The Kier molecular flexibility index (Phi) is 20.6. The largest absolute Gasteiger partial charge is 0.481 e. The maximum Gasteiger partial charge on any atom is 0.303 e. The third kappa shape index (κ3) is 17.2. The van der Waals surface area contributed by atoms with Crippen LogP contribution in [0.5, 0.6) is 0 Å². The number of anilines is 1. The van der Waals surface area contributed by atoms with Crippen LogP contribution in [0.15, 0.2) is 66.2 Å². The van der Waals surface area contributed by atoms with Crippen molar-refractivity contribution in [3.05, 3.63) is 77.4 Å². The van der Waals surface area contributed by atoms with Gasteiger partial charge < -0.3 is 31.7 Å². The van der Waals surface area contributed by atoms with Gasteiger partial charge in [0.05, 0.1) is 18.7 Å². The van der Waals surface area contributed by atoms with Gasteiger partial charge in [-0.2, -0.15) is 0 Å². The van der Waals surface area contributed by atoms with Crippen LogP contribution in [0, 0.1) is 17.3 Å². The molecule has 348 valence electrons. The molecule has 0 bridgehead atoms. The van der Waals surface area contributed by atoms with Crippen LogP contribution in [0.3, 0.4) is 0 Å². The summed E-state index contributed by atoms with van der Waals surface area (Å²) in [5.74, 6) is -4.07. The molecule has 2 rings (SSSR count). The third-order valence-electron chi connectivity index (χ3n) is 10.6. The Morgan fingerprint density at radius 3 is 1.86 bits per heavy atom. The number of carboxylic acid groups (broad SMARTS) is 1. The van der Waals surface area contributed by atoms with Crippen LogP contribution in [0.2, 0.25) is 0 Å². The molecule has 0 spiro atoms. The summed E-state index contributed by atoms with van der Waals surface area (Å²) in [7, 11) is 3.69. The minimum absolute atomic E-state index is 0.00461. The van der Waals surface area contributed by atoms with Crippen LogP contribution in [0.25, 0.3) is 0 Å². The number of amides is 6. The zero-order chi connectivity index (χ0) is 47.8. The fourth-order valence-electron chi connectivity index (χ4n) is 6.87. The van der Waals surface area contributed by atoms with Crippen LogP contribution < -0.4 is 32.1 Å². The third-order valence-corrected chi connectivity index (χ3v) is 10.6. The number of hydrogen-bond acceptors (Lipinski definition) is 9. The lowest BCUT2D eigenvalue weighted by atomic mass is 9.76. The number of carboxylic acids is 1. The SMILES string of the molecule is C/C(=C\C(NC(=O)[C@@H](NC(=O)C(N(C)C)C(C)(C)c1ccccc1)C(C)(C)C)C(C)C)C(=O)NOCc1ccc(NC(=O)[C@H](C)NC(=O)C(NC(=O)CCCC(=O)O)C(C)C)cc1. The Hall–Kier alpha value is -5.61. The van der Waals surface area contributed by atoms with Crippen LogP contribution in [-0.4, -0.2) is 95.7 Å². The lowest BCUT2D eigenvalue weighted by Gasteiger charge is -2.40. The van der Waals surface area contributed by atoms with Gasteiger partial charge in [-0.25, -0.2) is 5.48 Å². The minimum atomic E-state index is -1.01. The molecule has 0 heterocycles. The van der Waals surface area contributed by atoms with Crippen LogP contribution in [0.4, 0.5) is 5.69 Å². The van der Waals surface area contributed by atoms with E-state index in [2.05, 4.69) is 32.1 Å².